The van der Waals surface area contributed by atoms with Crippen molar-refractivity contribution in [3.8, 4) is 11.5 Å². The Bertz CT molecular complexity index is 399. The molecule has 108 valence electrons. The fourth-order valence-corrected chi connectivity index (χ4v) is 2.05. The Morgan fingerprint density at radius 3 is 2.63 bits per heavy atom. The molecule has 0 fully saturated rings. The van der Waals surface area contributed by atoms with E-state index in [4.69, 9.17) is 21.1 Å². The molecule has 0 aliphatic heterocycles. The lowest BCUT2D eigenvalue weighted by Gasteiger charge is -2.21. The van der Waals surface area contributed by atoms with E-state index in [9.17, 15) is 5.11 Å². The number of methoxy groups -OCH3 is 1. The standard InChI is InChI=1S/C14H22ClNO3/c1-4-16(6-7-19-5-2)10-11-8-12(15)14(17)13(9-11)18-3/h8-9,17H,4-7,10H2,1-3H3. The van der Waals surface area contributed by atoms with Crippen LogP contribution in [-0.2, 0) is 11.3 Å². The Morgan fingerprint density at radius 1 is 1.32 bits per heavy atom. The molecule has 0 bridgehead atoms. The number of phenolic OH excluding ortho intramolecular Hbond substituents is 1. The molecule has 1 rings (SSSR count). The van der Waals surface area contributed by atoms with Gasteiger partial charge in [0.2, 0.25) is 0 Å². The Morgan fingerprint density at radius 2 is 2.05 bits per heavy atom. The first kappa shape index (κ1) is 16.1. The molecule has 4 nitrogen and oxygen atoms in total. The number of rotatable bonds is 8. The van der Waals surface area contributed by atoms with Gasteiger partial charge in [0, 0.05) is 19.7 Å². The summed E-state index contributed by atoms with van der Waals surface area (Å²) in [4.78, 5) is 2.25. The minimum Gasteiger partial charge on any atom is -0.503 e. The molecule has 0 saturated heterocycles. The predicted octanol–water partition coefficient (Wildman–Crippen LogP) is 2.91. The molecule has 0 aromatic heterocycles. The van der Waals surface area contributed by atoms with Crippen molar-refractivity contribution in [1.29, 1.82) is 0 Å². The van der Waals surface area contributed by atoms with Crippen LogP contribution in [0.3, 0.4) is 0 Å². The summed E-state index contributed by atoms with van der Waals surface area (Å²) in [5.74, 6) is 0.397. The maximum atomic E-state index is 9.70. The Balaban J connectivity index is 2.71. The summed E-state index contributed by atoms with van der Waals surface area (Å²) in [5, 5.41) is 10.0. The highest BCUT2D eigenvalue weighted by Gasteiger charge is 2.11. The maximum absolute atomic E-state index is 9.70. The second-order valence-electron chi connectivity index (χ2n) is 4.19. The third-order valence-corrected chi connectivity index (χ3v) is 3.21. The topological polar surface area (TPSA) is 41.9 Å². The second-order valence-corrected chi connectivity index (χ2v) is 4.60. The molecule has 0 radical (unpaired) electrons. The van der Waals surface area contributed by atoms with Crippen LogP contribution >= 0.6 is 11.6 Å². The molecule has 0 heterocycles. The summed E-state index contributed by atoms with van der Waals surface area (Å²) in [6, 6.07) is 3.58. The number of phenols is 1. The highest BCUT2D eigenvalue weighted by Crippen LogP contribution is 2.35. The lowest BCUT2D eigenvalue weighted by Crippen LogP contribution is -2.27. The van der Waals surface area contributed by atoms with E-state index in [2.05, 4.69) is 11.8 Å². The normalized spacial score (nSPS) is 11.0. The highest BCUT2D eigenvalue weighted by molar-refractivity contribution is 6.32. The summed E-state index contributed by atoms with van der Waals surface area (Å²) in [6.07, 6.45) is 0. The SMILES string of the molecule is CCOCCN(CC)Cc1cc(Cl)c(O)c(OC)c1. The molecule has 1 aromatic carbocycles. The van der Waals surface area contributed by atoms with Gasteiger partial charge >= 0.3 is 0 Å². The number of likely N-dealkylation sites (N-methyl/N-ethyl adjacent to an activating group) is 1. The third kappa shape index (κ3) is 4.90. The van der Waals surface area contributed by atoms with Crippen molar-refractivity contribution in [3.63, 3.8) is 0 Å². The van der Waals surface area contributed by atoms with Crippen molar-refractivity contribution in [3.05, 3.63) is 22.7 Å². The van der Waals surface area contributed by atoms with Crippen LogP contribution in [0.4, 0.5) is 0 Å². The number of halogens is 1. The Hall–Kier alpha value is -0.970. The van der Waals surface area contributed by atoms with Gasteiger partial charge in [0.15, 0.2) is 11.5 Å². The van der Waals surface area contributed by atoms with Gasteiger partial charge in [-0.2, -0.15) is 0 Å². The number of hydrogen-bond acceptors (Lipinski definition) is 4. The van der Waals surface area contributed by atoms with Crippen molar-refractivity contribution in [2.24, 2.45) is 0 Å². The fourth-order valence-electron chi connectivity index (χ4n) is 1.82. The number of ether oxygens (including phenoxy) is 2. The van der Waals surface area contributed by atoms with Crippen molar-refractivity contribution in [1.82, 2.24) is 4.90 Å². The number of benzene rings is 1. The quantitative estimate of drug-likeness (QED) is 0.747. The molecule has 1 aromatic rings. The average Bonchev–Trinajstić information content (AvgIpc) is 2.41. The molecule has 0 spiro atoms. The zero-order valence-electron chi connectivity index (χ0n) is 11.8. The first-order valence-corrected chi connectivity index (χ1v) is 6.85. The zero-order valence-corrected chi connectivity index (χ0v) is 12.5. The smallest absolute Gasteiger partial charge is 0.176 e. The van der Waals surface area contributed by atoms with Crippen LogP contribution in [0.1, 0.15) is 19.4 Å². The van der Waals surface area contributed by atoms with Gasteiger partial charge in [-0.25, -0.2) is 0 Å². The van der Waals surface area contributed by atoms with Crippen molar-refractivity contribution in [2.45, 2.75) is 20.4 Å². The van der Waals surface area contributed by atoms with Crippen molar-refractivity contribution >= 4 is 11.6 Å². The number of nitrogens with zero attached hydrogens (tertiary/aromatic N) is 1. The first-order chi connectivity index (χ1) is 9.12. The number of hydrogen-bond donors (Lipinski definition) is 1. The van der Waals surface area contributed by atoms with E-state index in [0.717, 1.165) is 31.8 Å². The first-order valence-electron chi connectivity index (χ1n) is 6.47. The van der Waals surface area contributed by atoms with Gasteiger partial charge in [-0.05, 0) is 31.2 Å². The van der Waals surface area contributed by atoms with E-state index in [1.807, 2.05) is 13.0 Å². The molecule has 0 atom stereocenters. The van der Waals surface area contributed by atoms with E-state index in [-0.39, 0.29) is 5.75 Å². The minimum atomic E-state index is -0.00900. The summed E-state index contributed by atoms with van der Waals surface area (Å²) >= 11 is 5.98. The van der Waals surface area contributed by atoms with Gasteiger partial charge < -0.3 is 14.6 Å². The van der Waals surface area contributed by atoms with E-state index in [1.54, 1.807) is 6.07 Å². The van der Waals surface area contributed by atoms with Gasteiger partial charge in [-0.15, -0.1) is 0 Å². The van der Waals surface area contributed by atoms with Gasteiger partial charge in [0.25, 0.3) is 0 Å². The summed E-state index contributed by atoms with van der Waals surface area (Å²) < 4.78 is 10.5. The van der Waals surface area contributed by atoms with Crippen LogP contribution in [0.15, 0.2) is 12.1 Å². The third-order valence-electron chi connectivity index (χ3n) is 2.92. The highest BCUT2D eigenvalue weighted by atomic mass is 35.5. The zero-order chi connectivity index (χ0) is 14.3. The molecule has 0 saturated carbocycles. The van der Waals surface area contributed by atoms with E-state index < -0.39 is 0 Å². The van der Waals surface area contributed by atoms with Crippen LogP contribution in [0.2, 0.25) is 5.02 Å². The molecular formula is C14H22ClNO3. The van der Waals surface area contributed by atoms with E-state index >= 15 is 0 Å². The molecule has 5 heteroatoms. The van der Waals surface area contributed by atoms with E-state index in [1.165, 1.54) is 7.11 Å². The van der Waals surface area contributed by atoms with Crippen LogP contribution in [0.5, 0.6) is 11.5 Å². The largest absolute Gasteiger partial charge is 0.503 e. The van der Waals surface area contributed by atoms with Crippen LogP contribution in [-0.4, -0.2) is 43.4 Å². The summed E-state index contributed by atoms with van der Waals surface area (Å²) in [6.45, 7) is 8.08. The van der Waals surface area contributed by atoms with Crippen LogP contribution < -0.4 is 4.74 Å². The summed E-state index contributed by atoms with van der Waals surface area (Å²) in [5.41, 5.74) is 1.01. The van der Waals surface area contributed by atoms with Gasteiger partial charge in [-0.1, -0.05) is 18.5 Å². The minimum absolute atomic E-state index is 0.00900. The molecule has 19 heavy (non-hydrogen) atoms. The average molecular weight is 288 g/mol. The van der Waals surface area contributed by atoms with E-state index in [0.29, 0.717) is 17.4 Å². The van der Waals surface area contributed by atoms with Crippen LogP contribution in [0, 0.1) is 0 Å². The van der Waals surface area contributed by atoms with Crippen molar-refractivity contribution < 1.29 is 14.6 Å². The molecule has 0 amide bonds. The van der Waals surface area contributed by atoms with Gasteiger partial charge in [0.1, 0.15) is 0 Å². The molecule has 0 aliphatic rings. The molecule has 1 N–H and O–H groups in total. The molecule has 0 aliphatic carbocycles. The monoisotopic (exact) mass is 287 g/mol. The Kier molecular flexibility index (Phi) is 6.99. The lowest BCUT2D eigenvalue weighted by molar-refractivity contribution is 0.113. The predicted molar refractivity (Wildman–Crippen MR) is 77.1 cm³/mol. The maximum Gasteiger partial charge on any atom is 0.176 e. The molecule has 0 unspecified atom stereocenters. The van der Waals surface area contributed by atoms with Crippen molar-refractivity contribution in [2.75, 3.05) is 33.4 Å². The second kappa shape index (κ2) is 8.25. The fraction of sp³-hybridized carbons (Fsp3) is 0.571. The number of aromatic hydroxyl groups is 1. The Labute approximate surface area is 119 Å². The lowest BCUT2D eigenvalue weighted by atomic mass is 10.2. The molecular weight excluding hydrogens is 266 g/mol. The van der Waals surface area contributed by atoms with Gasteiger partial charge in [-0.3, -0.25) is 4.90 Å². The van der Waals surface area contributed by atoms with Gasteiger partial charge in [0.05, 0.1) is 18.7 Å². The van der Waals surface area contributed by atoms with Crippen LogP contribution in [0.25, 0.3) is 0 Å². The summed E-state index contributed by atoms with van der Waals surface area (Å²) in [7, 11) is 1.52.